The molecule has 0 aliphatic heterocycles. The summed E-state index contributed by atoms with van der Waals surface area (Å²) in [6, 6.07) is 11.3. The van der Waals surface area contributed by atoms with Crippen LogP contribution in [0, 0.1) is 0 Å². The minimum absolute atomic E-state index is 0.0812. The number of carbonyl (C=O) groups is 2. The van der Waals surface area contributed by atoms with Gasteiger partial charge in [0.1, 0.15) is 5.65 Å². The zero-order chi connectivity index (χ0) is 23.6. The molecule has 0 spiro atoms. The third kappa shape index (κ3) is 5.17. The van der Waals surface area contributed by atoms with E-state index in [1.807, 2.05) is 12.1 Å². The van der Waals surface area contributed by atoms with E-state index < -0.39 is 17.6 Å². The van der Waals surface area contributed by atoms with Gasteiger partial charge >= 0.3 is 6.18 Å². The highest BCUT2D eigenvalue weighted by Crippen LogP contribution is 2.29. The predicted octanol–water partition coefficient (Wildman–Crippen LogP) is 5.04. The quantitative estimate of drug-likeness (QED) is 0.355. The molecule has 33 heavy (non-hydrogen) atoms. The van der Waals surface area contributed by atoms with Crippen LogP contribution < -0.4 is 10.6 Å². The molecule has 0 bridgehead atoms. The summed E-state index contributed by atoms with van der Waals surface area (Å²) in [6.07, 6.45) is -1.20. The average Bonchev–Trinajstić information content (AvgIpc) is 3.21. The van der Waals surface area contributed by atoms with Gasteiger partial charge in [-0.3, -0.25) is 14.6 Å². The lowest BCUT2D eigenvalue weighted by molar-refractivity contribution is -0.137. The van der Waals surface area contributed by atoms with Gasteiger partial charge in [0.15, 0.2) is 5.78 Å². The molecule has 7 nitrogen and oxygen atoms in total. The summed E-state index contributed by atoms with van der Waals surface area (Å²) in [7, 11) is 0. The molecule has 0 fully saturated rings. The Balaban J connectivity index is 1.43. The van der Waals surface area contributed by atoms with E-state index >= 15 is 0 Å². The van der Waals surface area contributed by atoms with E-state index in [0.29, 0.717) is 29.8 Å². The van der Waals surface area contributed by atoms with Crippen LogP contribution in [0.15, 0.2) is 61.1 Å². The standard InChI is InChI=1S/C23H18F3N5O2/c1-13(32)20-8-15-7-19(12-29-21(15)31-20)28-9-14-3-2-4-18(5-14)30-22(33)16-6-17(11-27-10-16)23(24,25)26/h2-8,10-12,28H,9H2,1H3,(H,29,31)(H,30,33). The molecule has 0 radical (unpaired) electrons. The maximum atomic E-state index is 12.9. The molecule has 0 aliphatic carbocycles. The van der Waals surface area contributed by atoms with Gasteiger partial charge < -0.3 is 15.6 Å². The maximum Gasteiger partial charge on any atom is 0.417 e. The fourth-order valence-corrected chi connectivity index (χ4v) is 3.19. The molecule has 1 amide bonds. The van der Waals surface area contributed by atoms with Crippen molar-refractivity contribution in [2.45, 2.75) is 19.6 Å². The normalized spacial score (nSPS) is 11.4. The second-order valence-corrected chi connectivity index (χ2v) is 7.37. The van der Waals surface area contributed by atoms with Crippen LogP contribution in [0.2, 0.25) is 0 Å². The van der Waals surface area contributed by atoms with Gasteiger partial charge in [-0.05, 0) is 35.9 Å². The van der Waals surface area contributed by atoms with E-state index in [9.17, 15) is 22.8 Å². The third-order valence-electron chi connectivity index (χ3n) is 4.86. The maximum absolute atomic E-state index is 12.9. The second-order valence-electron chi connectivity index (χ2n) is 7.37. The van der Waals surface area contributed by atoms with Gasteiger partial charge in [0, 0.05) is 36.9 Å². The smallest absolute Gasteiger partial charge is 0.380 e. The number of H-pyrrole nitrogens is 1. The van der Waals surface area contributed by atoms with E-state index in [-0.39, 0.29) is 11.3 Å². The summed E-state index contributed by atoms with van der Waals surface area (Å²) >= 11 is 0. The molecule has 168 valence electrons. The highest BCUT2D eigenvalue weighted by molar-refractivity contribution is 6.04. The van der Waals surface area contributed by atoms with E-state index in [1.54, 1.807) is 30.5 Å². The SMILES string of the molecule is CC(=O)c1cc2cc(NCc3cccc(NC(=O)c4cncc(C(F)(F)F)c4)c3)cnc2[nH]1. The van der Waals surface area contributed by atoms with Gasteiger partial charge in [-0.1, -0.05) is 12.1 Å². The number of alkyl halides is 3. The number of aromatic amines is 1. The Bertz CT molecular complexity index is 1350. The van der Waals surface area contributed by atoms with Gasteiger partial charge in [0.2, 0.25) is 0 Å². The Morgan fingerprint density at radius 2 is 1.85 bits per heavy atom. The first-order valence-electron chi connectivity index (χ1n) is 9.85. The molecule has 3 heterocycles. The number of nitrogens with zero attached hydrogens (tertiary/aromatic N) is 2. The molecule has 3 N–H and O–H groups in total. The number of anilines is 2. The van der Waals surface area contributed by atoms with E-state index in [2.05, 4.69) is 25.6 Å². The predicted molar refractivity (Wildman–Crippen MR) is 117 cm³/mol. The zero-order valence-corrected chi connectivity index (χ0v) is 17.3. The molecular weight excluding hydrogens is 435 g/mol. The number of aromatic nitrogens is 3. The molecular formula is C23H18F3N5O2. The number of nitrogens with one attached hydrogen (secondary N) is 3. The summed E-state index contributed by atoms with van der Waals surface area (Å²) in [5.41, 5.74) is 1.91. The summed E-state index contributed by atoms with van der Waals surface area (Å²) in [4.78, 5) is 34.7. The van der Waals surface area contributed by atoms with Crippen LogP contribution in [0.1, 0.15) is 38.9 Å². The number of hydrogen-bond acceptors (Lipinski definition) is 5. The molecule has 0 aliphatic rings. The van der Waals surface area contributed by atoms with Crippen LogP contribution in [-0.4, -0.2) is 26.6 Å². The second kappa shape index (κ2) is 8.73. The zero-order valence-electron chi connectivity index (χ0n) is 17.3. The molecule has 1 aromatic carbocycles. The fraction of sp³-hybridized carbons (Fsp3) is 0.130. The lowest BCUT2D eigenvalue weighted by Crippen LogP contribution is -2.14. The Labute approximate surface area is 186 Å². The first kappa shape index (κ1) is 22.0. The van der Waals surface area contributed by atoms with Crippen LogP contribution in [0.3, 0.4) is 0 Å². The number of hydrogen-bond donors (Lipinski definition) is 3. The summed E-state index contributed by atoms with van der Waals surface area (Å²) in [5.74, 6) is -0.774. The summed E-state index contributed by atoms with van der Waals surface area (Å²) in [6.45, 7) is 1.88. The van der Waals surface area contributed by atoms with Crippen molar-refractivity contribution in [3.05, 3.63) is 83.4 Å². The topological polar surface area (TPSA) is 99.8 Å². The Morgan fingerprint density at radius 3 is 2.61 bits per heavy atom. The molecule has 0 atom stereocenters. The van der Waals surface area contributed by atoms with Crippen molar-refractivity contribution >= 4 is 34.1 Å². The number of carbonyl (C=O) groups excluding carboxylic acids is 2. The minimum atomic E-state index is -4.58. The minimum Gasteiger partial charge on any atom is -0.380 e. The number of ketones is 1. The number of halogens is 3. The lowest BCUT2D eigenvalue weighted by Gasteiger charge is -2.10. The first-order chi connectivity index (χ1) is 15.7. The number of Topliss-reactive ketones (excluding diaryl/α,β-unsaturated/α-hetero) is 1. The lowest BCUT2D eigenvalue weighted by atomic mass is 10.1. The monoisotopic (exact) mass is 453 g/mol. The fourth-order valence-electron chi connectivity index (χ4n) is 3.19. The Morgan fingerprint density at radius 1 is 1.03 bits per heavy atom. The van der Waals surface area contributed by atoms with Gasteiger partial charge in [-0.2, -0.15) is 13.2 Å². The van der Waals surface area contributed by atoms with Crippen molar-refractivity contribution in [2.75, 3.05) is 10.6 Å². The van der Waals surface area contributed by atoms with E-state index in [1.165, 1.54) is 6.92 Å². The average molecular weight is 453 g/mol. The van der Waals surface area contributed by atoms with Gasteiger partial charge in [-0.15, -0.1) is 0 Å². The van der Waals surface area contributed by atoms with Crippen molar-refractivity contribution < 1.29 is 22.8 Å². The summed E-state index contributed by atoms with van der Waals surface area (Å²) < 4.78 is 38.6. The number of benzene rings is 1. The van der Waals surface area contributed by atoms with Gasteiger partial charge in [0.25, 0.3) is 5.91 Å². The largest absolute Gasteiger partial charge is 0.417 e. The van der Waals surface area contributed by atoms with E-state index in [0.717, 1.165) is 28.9 Å². The molecule has 0 unspecified atom stereocenters. The molecule has 3 aromatic heterocycles. The van der Waals surface area contributed by atoms with Crippen LogP contribution in [0.25, 0.3) is 11.0 Å². The van der Waals surface area contributed by atoms with Crippen molar-refractivity contribution in [1.82, 2.24) is 15.0 Å². The molecule has 4 rings (SSSR count). The van der Waals surface area contributed by atoms with Gasteiger partial charge in [0.05, 0.1) is 28.7 Å². The third-order valence-corrected chi connectivity index (χ3v) is 4.86. The number of fused-ring (bicyclic) bond motifs is 1. The first-order valence-corrected chi connectivity index (χ1v) is 9.85. The van der Waals surface area contributed by atoms with Crippen molar-refractivity contribution in [3.8, 4) is 0 Å². The number of pyridine rings is 2. The number of rotatable bonds is 6. The van der Waals surface area contributed by atoms with Crippen LogP contribution >= 0.6 is 0 Å². The number of amides is 1. The van der Waals surface area contributed by atoms with Crippen molar-refractivity contribution in [1.29, 1.82) is 0 Å². The molecule has 10 heteroatoms. The van der Waals surface area contributed by atoms with Crippen molar-refractivity contribution in [3.63, 3.8) is 0 Å². The highest BCUT2D eigenvalue weighted by atomic mass is 19.4. The highest BCUT2D eigenvalue weighted by Gasteiger charge is 2.31. The van der Waals surface area contributed by atoms with Gasteiger partial charge in [-0.25, -0.2) is 4.98 Å². The van der Waals surface area contributed by atoms with Crippen LogP contribution in [0.5, 0.6) is 0 Å². The van der Waals surface area contributed by atoms with E-state index in [4.69, 9.17) is 0 Å². The van der Waals surface area contributed by atoms with Crippen molar-refractivity contribution in [2.24, 2.45) is 0 Å². The summed E-state index contributed by atoms with van der Waals surface area (Å²) in [5, 5.41) is 6.60. The van der Waals surface area contributed by atoms with Crippen LogP contribution in [0.4, 0.5) is 24.5 Å². The molecule has 0 saturated heterocycles. The Hall–Kier alpha value is -4.21. The Kier molecular flexibility index (Phi) is 5.82. The molecule has 0 saturated carbocycles. The van der Waals surface area contributed by atoms with Crippen LogP contribution in [-0.2, 0) is 12.7 Å². The molecule has 4 aromatic rings.